The first kappa shape index (κ1) is 13.4. The minimum Gasteiger partial charge on any atom is -0.354 e. The average Bonchev–Trinajstić information content (AvgIpc) is 3.16. The highest BCUT2D eigenvalue weighted by Crippen LogP contribution is 2.48. The molecule has 0 aliphatic heterocycles. The summed E-state index contributed by atoms with van der Waals surface area (Å²) >= 11 is 5.99. The molecule has 0 heterocycles. The van der Waals surface area contributed by atoms with Crippen molar-refractivity contribution >= 4 is 17.5 Å². The predicted octanol–water partition coefficient (Wildman–Crippen LogP) is 2.10. The lowest BCUT2D eigenvalue weighted by Gasteiger charge is -2.16. The second-order valence-electron chi connectivity index (χ2n) is 4.70. The van der Waals surface area contributed by atoms with E-state index < -0.39 is 0 Å². The number of benzene rings is 1. The van der Waals surface area contributed by atoms with Crippen LogP contribution in [0.1, 0.15) is 25.3 Å². The van der Waals surface area contributed by atoms with Crippen molar-refractivity contribution in [3.05, 3.63) is 34.9 Å². The van der Waals surface area contributed by atoms with Gasteiger partial charge in [0, 0.05) is 18.1 Å². The standard InChI is InChI=1S/C14H19ClN2O/c1-2-16-8-9-17-13(18)14(6-7-14)11-4-3-5-12(15)10-11/h3-5,10,16H,2,6-9H2,1H3,(H,17,18). The minimum atomic E-state index is -0.322. The molecular weight excluding hydrogens is 248 g/mol. The van der Waals surface area contributed by atoms with Gasteiger partial charge >= 0.3 is 0 Å². The number of halogens is 1. The lowest BCUT2D eigenvalue weighted by molar-refractivity contribution is -0.123. The van der Waals surface area contributed by atoms with E-state index in [-0.39, 0.29) is 11.3 Å². The second-order valence-corrected chi connectivity index (χ2v) is 5.14. The van der Waals surface area contributed by atoms with Crippen molar-refractivity contribution in [2.45, 2.75) is 25.2 Å². The zero-order valence-corrected chi connectivity index (χ0v) is 11.4. The van der Waals surface area contributed by atoms with Crippen LogP contribution in [0, 0.1) is 0 Å². The van der Waals surface area contributed by atoms with Gasteiger partial charge in [-0.05, 0) is 37.1 Å². The molecule has 98 valence electrons. The summed E-state index contributed by atoms with van der Waals surface area (Å²) in [5, 5.41) is 6.88. The van der Waals surface area contributed by atoms with Crippen LogP contribution in [0.25, 0.3) is 0 Å². The number of amides is 1. The van der Waals surface area contributed by atoms with Gasteiger partial charge < -0.3 is 10.6 Å². The van der Waals surface area contributed by atoms with Crippen LogP contribution in [0.4, 0.5) is 0 Å². The van der Waals surface area contributed by atoms with Crippen molar-refractivity contribution in [2.24, 2.45) is 0 Å². The third kappa shape index (κ3) is 2.85. The third-order valence-electron chi connectivity index (χ3n) is 3.40. The molecule has 0 spiro atoms. The van der Waals surface area contributed by atoms with Crippen LogP contribution < -0.4 is 10.6 Å². The fourth-order valence-corrected chi connectivity index (χ4v) is 2.36. The molecule has 1 amide bonds. The van der Waals surface area contributed by atoms with Gasteiger partial charge in [0.2, 0.25) is 5.91 Å². The molecule has 0 atom stereocenters. The highest BCUT2D eigenvalue weighted by atomic mass is 35.5. The molecule has 3 nitrogen and oxygen atoms in total. The number of carbonyl (C=O) groups excluding carboxylic acids is 1. The molecule has 2 rings (SSSR count). The normalized spacial score (nSPS) is 16.3. The zero-order valence-electron chi connectivity index (χ0n) is 10.6. The SMILES string of the molecule is CCNCCNC(=O)C1(c2cccc(Cl)c2)CC1. The maximum absolute atomic E-state index is 12.2. The number of carbonyl (C=O) groups is 1. The molecule has 0 saturated heterocycles. The fraction of sp³-hybridized carbons (Fsp3) is 0.500. The third-order valence-corrected chi connectivity index (χ3v) is 3.63. The Balaban J connectivity index is 1.97. The van der Waals surface area contributed by atoms with E-state index in [1.807, 2.05) is 24.3 Å². The fourth-order valence-electron chi connectivity index (χ4n) is 2.17. The molecule has 1 aliphatic rings. The van der Waals surface area contributed by atoms with E-state index in [9.17, 15) is 4.79 Å². The Labute approximate surface area is 113 Å². The summed E-state index contributed by atoms with van der Waals surface area (Å²) in [6.07, 6.45) is 1.83. The number of nitrogens with one attached hydrogen (secondary N) is 2. The van der Waals surface area contributed by atoms with Crippen LogP contribution >= 0.6 is 11.6 Å². The number of hydrogen-bond acceptors (Lipinski definition) is 2. The highest BCUT2D eigenvalue weighted by molar-refractivity contribution is 6.30. The van der Waals surface area contributed by atoms with Gasteiger partial charge in [-0.15, -0.1) is 0 Å². The second kappa shape index (κ2) is 5.72. The van der Waals surface area contributed by atoms with Crippen molar-refractivity contribution < 1.29 is 4.79 Å². The summed E-state index contributed by atoms with van der Waals surface area (Å²) in [6, 6.07) is 7.63. The van der Waals surface area contributed by atoms with Crippen LogP contribution in [0.3, 0.4) is 0 Å². The molecule has 1 saturated carbocycles. The summed E-state index contributed by atoms with van der Waals surface area (Å²) in [7, 11) is 0. The summed E-state index contributed by atoms with van der Waals surface area (Å²) in [6.45, 7) is 4.47. The molecule has 18 heavy (non-hydrogen) atoms. The lowest BCUT2D eigenvalue weighted by Crippen LogP contribution is -2.38. The Hall–Kier alpha value is -1.06. The van der Waals surface area contributed by atoms with Crippen LogP contribution in [-0.4, -0.2) is 25.5 Å². The molecule has 0 unspecified atom stereocenters. The molecule has 1 aromatic rings. The van der Waals surface area contributed by atoms with Gasteiger partial charge in [0.25, 0.3) is 0 Å². The van der Waals surface area contributed by atoms with E-state index in [2.05, 4.69) is 17.6 Å². The van der Waals surface area contributed by atoms with E-state index in [0.29, 0.717) is 11.6 Å². The van der Waals surface area contributed by atoms with Gasteiger partial charge in [0.15, 0.2) is 0 Å². The largest absolute Gasteiger partial charge is 0.354 e. The topological polar surface area (TPSA) is 41.1 Å². The van der Waals surface area contributed by atoms with Gasteiger partial charge in [0.05, 0.1) is 5.41 Å². The zero-order chi connectivity index (χ0) is 13.0. The van der Waals surface area contributed by atoms with E-state index in [1.165, 1.54) is 0 Å². The molecule has 1 aromatic carbocycles. The first-order valence-electron chi connectivity index (χ1n) is 6.44. The molecule has 2 N–H and O–H groups in total. The number of likely N-dealkylation sites (N-methyl/N-ethyl adjacent to an activating group) is 1. The van der Waals surface area contributed by atoms with Crippen molar-refractivity contribution in [1.29, 1.82) is 0 Å². The van der Waals surface area contributed by atoms with E-state index in [0.717, 1.165) is 31.5 Å². The Morgan fingerprint density at radius 3 is 2.78 bits per heavy atom. The maximum atomic E-state index is 12.2. The van der Waals surface area contributed by atoms with Gasteiger partial charge in [-0.2, -0.15) is 0 Å². The van der Waals surface area contributed by atoms with Gasteiger partial charge in [-0.1, -0.05) is 30.7 Å². The number of hydrogen-bond donors (Lipinski definition) is 2. The van der Waals surface area contributed by atoms with E-state index in [4.69, 9.17) is 11.6 Å². The summed E-state index contributed by atoms with van der Waals surface area (Å²) in [5.74, 6) is 0.127. The molecule has 0 aromatic heterocycles. The molecule has 1 aliphatic carbocycles. The predicted molar refractivity (Wildman–Crippen MR) is 73.9 cm³/mol. The van der Waals surface area contributed by atoms with Gasteiger partial charge in [-0.25, -0.2) is 0 Å². The smallest absolute Gasteiger partial charge is 0.230 e. The van der Waals surface area contributed by atoms with Crippen LogP contribution in [0.2, 0.25) is 5.02 Å². The highest BCUT2D eigenvalue weighted by Gasteiger charge is 2.51. The molecule has 1 fully saturated rings. The lowest BCUT2D eigenvalue weighted by atomic mass is 9.95. The van der Waals surface area contributed by atoms with Crippen molar-refractivity contribution in [3.63, 3.8) is 0 Å². The molecule has 4 heteroatoms. The van der Waals surface area contributed by atoms with Crippen molar-refractivity contribution in [1.82, 2.24) is 10.6 Å². The first-order chi connectivity index (χ1) is 8.69. The molecule has 0 bridgehead atoms. The Bertz CT molecular complexity index is 430. The summed E-state index contributed by atoms with van der Waals surface area (Å²) in [4.78, 5) is 12.2. The Kier molecular flexibility index (Phi) is 4.25. The van der Waals surface area contributed by atoms with Gasteiger partial charge in [-0.3, -0.25) is 4.79 Å². The van der Waals surface area contributed by atoms with E-state index >= 15 is 0 Å². The van der Waals surface area contributed by atoms with E-state index in [1.54, 1.807) is 0 Å². The van der Waals surface area contributed by atoms with Crippen LogP contribution in [-0.2, 0) is 10.2 Å². The summed E-state index contributed by atoms with van der Waals surface area (Å²) < 4.78 is 0. The Morgan fingerprint density at radius 1 is 1.39 bits per heavy atom. The van der Waals surface area contributed by atoms with Crippen LogP contribution in [0.5, 0.6) is 0 Å². The quantitative estimate of drug-likeness (QED) is 0.775. The number of rotatable bonds is 6. The average molecular weight is 267 g/mol. The minimum absolute atomic E-state index is 0.127. The molecule has 0 radical (unpaired) electrons. The van der Waals surface area contributed by atoms with Crippen molar-refractivity contribution in [2.75, 3.05) is 19.6 Å². The van der Waals surface area contributed by atoms with Crippen molar-refractivity contribution in [3.8, 4) is 0 Å². The van der Waals surface area contributed by atoms with Crippen LogP contribution in [0.15, 0.2) is 24.3 Å². The molecular formula is C14H19ClN2O. The summed E-state index contributed by atoms with van der Waals surface area (Å²) in [5.41, 5.74) is 0.716. The first-order valence-corrected chi connectivity index (χ1v) is 6.82. The monoisotopic (exact) mass is 266 g/mol. The maximum Gasteiger partial charge on any atom is 0.230 e. The van der Waals surface area contributed by atoms with Gasteiger partial charge in [0.1, 0.15) is 0 Å². The Morgan fingerprint density at radius 2 is 2.17 bits per heavy atom.